The third-order valence-corrected chi connectivity index (χ3v) is 3.03. The number of carbonyl (C=O) groups excluding carboxylic acids is 2. The van der Waals surface area contributed by atoms with Crippen LogP contribution >= 0.6 is 0 Å². The Morgan fingerprint density at radius 2 is 1.68 bits per heavy atom. The molecule has 0 fully saturated rings. The maximum Gasteiger partial charge on any atom is 0.328 e. The number of nitrogens with one attached hydrogen (secondary N) is 1. The fraction of sp³-hybridized carbons (Fsp3) is 0.867. The van der Waals surface area contributed by atoms with E-state index >= 15 is 0 Å². The summed E-state index contributed by atoms with van der Waals surface area (Å²) in [5.74, 6) is -0.344. The molecule has 0 aromatic heterocycles. The van der Waals surface area contributed by atoms with E-state index in [0.29, 0.717) is 13.0 Å². The van der Waals surface area contributed by atoms with Gasteiger partial charge in [-0.1, -0.05) is 46.5 Å². The molecule has 0 aliphatic heterocycles. The molecule has 0 unspecified atom stereocenters. The van der Waals surface area contributed by atoms with Crippen LogP contribution in [0.15, 0.2) is 0 Å². The highest BCUT2D eigenvalue weighted by Crippen LogP contribution is 2.07. The minimum Gasteiger partial charge on any atom is -0.464 e. The number of amides is 1. The van der Waals surface area contributed by atoms with Gasteiger partial charge < -0.3 is 10.1 Å². The van der Waals surface area contributed by atoms with Crippen molar-refractivity contribution < 1.29 is 14.3 Å². The maximum absolute atomic E-state index is 11.8. The summed E-state index contributed by atoms with van der Waals surface area (Å²) in [6.07, 6.45) is 6.05. The molecule has 1 N–H and O–H groups in total. The van der Waals surface area contributed by atoms with Crippen molar-refractivity contribution >= 4 is 11.9 Å². The molecule has 112 valence electrons. The van der Waals surface area contributed by atoms with E-state index in [1.807, 2.05) is 13.8 Å². The first-order valence-electron chi connectivity index (χ1n) is 7.48. The zero-order valence-corrected chi connectivity index (χ0v) is 12.8. The molecular formula is C15H29NO3. The van der Waals surface area contributed by atoms with Crippen LogP contribution in [0.3, 0.4) is 0 Å². The third-order valence-electron chi connectivity index (χ3n) is 3.03. The molecule has 0 aliphatic rings. The van der Waals surface area contributed by atoms with E-state index in [2.05, 4.69) is 12.2 Å². The minimum atomic E-state index is -0.525. The quantitative estimate of drug-likeness (QED) is 0.491. The molecule has 0 aromatic carbocycles. The molecule has 0 aliphatic carbocycles. The summed E-state index contributed by atoms with van der Waals surface area (Å²) in [5, 5.41) is 2.78. The van der Waals surface area contributed by atoms with Gasteiger partial charge in [0.25, 0.3) is 0 Å². The van der Waals surface area contributed by atoms with Gasteiger partial charge in [-0.15, -0.1) is 0 Å². The van der Waals surface area contributed by atoms with Crippen LogP contribution in [0.4, 0.5) is 0 Å². The van der Waals surface area contributed by atoms with Gasteiger partial charge in [-0.2, -0.15) is 0 Å². The van der Waals surface area contributed by atoms with Gasteiger partial charge in [-0.3, -0.25) is 4.79 Å². The van der Waals surface area contributed by atoms with Gasteiger partial charge in [0, 0.05) is 6.42 Å². The van der Waals surface area contributed by atoms with E-state index in [0.717, 1.165) is 12.8 Å². The van der Waals surface area contributed by atoms with Crippen molar-refractivity contribution in [2.45, 2.75) is 72.3 Å². The molecule has 4 heteroatoms. The fourth-order valence-electron chi connectivity index (χ4n) is 1.86. The number of ether oxygens (including phenoxy) is 1. The van der Waals surface area contributed by atoms with Crippen molar-refractivity contribution in [1.29, 1.82) is 0 Å². The van der Waals surface area contributed by atoms with Gasteiger partial charge in [0.05, 0.1) is 6.61 Å². The summed E-state index contributed by atoms with van der Waals surface area (Å²) < 4.78 is 4.97. The molecule has 0 spiro atoms. The zero-order chi connectivity index (χ0) is 14.7. The lowest BCUT2D eigenvalue weighted by Gasteiger charge is -2.20. The summed E-state index contributed by atoms with van der Waals surface area (Å²) in [5.41, 5.74) is 0. The molecule has 4 nitrogen and oxygen atoms in total. The normalized spacial score (nSPS) is 12.3. The van der Waals surface area contributed by atoms with Crippen LogP contribution < -0.4 is 5.32 Å². The molecule has 1 amide bonds. The molecule has 0 aromatic rings. The van der Waals surface area contributed by atoms with E-state index < -0.39 is 6.04 Å². The third kappa shape index (κ3) is 8.62. The summed E-state index contributed by atoms with van der Waals surface area (Å²) in [7, 11) is 0. The van der Waals surface area contributed by atoms with Crippen LogP contribution in [0.2, 0.25) is 0 Å². The van der Waals surface area contributed by atoms with Crippen LogP contribution in [0.5, 0.6) is 0 Å². The van der Waals surface area contributed by atoms with Crippen LogP contribution in [-0.2, 0) is 14.3 Å². The minimum absolute atomic E-state index is 0.0445. The van der Waals surface area contributed by atoms with E-state index in [1.54, 1.807) is 6.92 Å². The van der Waals surface area contributed by atoms with Crippen LogP contribution in [-0.4, -0.2) is 24.5 Å². The fourth-order valence-corrected chi connectivity index (χ4v) is 1.86. The Morgan fingerprint density at radius 1 is 1.05 bits per heavy atom. The van der Waals surface area contributed by atoms with Crippen molar-refractivity contribution in [1.82, 2.24) is 5.32 Å². The monoisotopic (exact) mass is 271 g/mol. The predicted octanol–water partition coefficient (Wildman–Crippen LogP) is 3.05. The second kappa shape index (κ2) is 10.8. The largest absolute Gasteiger partial charge is 0.464 e. The number of hydrogen-bond acceptors (Lipinski definition) is 3. The van der Waals surface area contributed by atoms with E-state index in [4.69, 9.17) is 4.74 Å². The lowest BCUT2D eigenvalue weighted by molar-refractivity contribution is -0.148. The first-order valence-corrected chi connectivity index (χ1v) is 7.48. The predicted molar refractivity (Wildman–Crippen MR) is 76.8 cm³/mol. The molecule has 0 saturated heterocycles. The van der Waals surface area contributed by atoms with E-state index in [9.17, 15) is 9.59 Å². The summed E-state index contributed by atoms with van der Waals surface area (Å²) in [6.45, 7) is 8.09. The molecule has 0 rings (SSSR count). The number of hydrogen-bond donors (Lipinski definition) is 1. The van der Waals surface area contributed by atoms with Crippen LogP contribution in [0.1, 0.15) is 66.2 Å². The molecule has 0 heterocycles. The van der Waals surface area contributed by atoms with Crippen molar-refractivity contribution in [2.75, 3.05) is 6.61 Å². The van der Waals surface area contributed by atoms with Gasteiger partial charge in [-0.05, 0) is 19.3 Å². The Bertz CT molecular complexity index is 264. The maximum atomic E-state index is 11.8. The van der Waals surface area contributed by atoms with E-state index in [-0.39, 0.29) is 17.8 Å². The van der Waals surface area contributed by atoms with Crippen LogP contribution in [0, 0.1) is 5.92 Å². The van der Waals surface area contributed by atoms with Crippen molar-refractivity contribution in [3.05, 3.63) is 0 Å². The van der Waals surface area contributed by atoms with Crippen molar-refractivity contribution in [3.8, 4) is 0 Å². The van der Waals surface area contributed by atoms with Gasteiger partial charge in [0.15, 0.2) is 0 Å². The van der Waals surface area contributed by atoms with Crippen molar-refractivity contribution in [2.24, 2.45) is 5.92 Å². The second-order valence-corrected chi connectivity index (χ2v) is 5.21. The van der Waals surface area contributed by atoms with Gasteiger partial charge in [0.2, 0.25) is 5.91 Å². The Balaban J connectivity index is 4.00. The van der Waals surface area contributed by atoms with Crippen molar-refractivity contribution in [3.63, 3.8) is 0 Å². The first kappa shape index (κ1) is 17.9. The molecule has 19 heavy (non-hydrogen) atoms. The molecule has 0 radical (unpaired) electrons. The number of rotatable bonds is 10. The second-order valence-electron chi connectivity index (χ2n) is 5.21. The zero-order valence-electron chi connectivity index (χ0n) is 12.8. The van der Waals surface area contributed by atoms with Gasteiger partial charge >= 0.3 is 5.97 Å². The van der Waals surface area contributed by atoms with Gasteiger partial charge in [0.1, 0.15) is 6.04 Å². The molecule has 0 bridgehead atoms. The molecule has 0 saturated carbocycles. The summed E-state index contributed by atoms with van der Waals surface area (Å²) in [4.78, 5) is 23.5. The Hall–Kier alpha value is -1.06. The highest BCUT2D eigenvalue weighted by molar-refractivity contribution is 5.84. The average molecular weight is 271 g/mol. The summed E-state index contributed by atoms with van der Waals surface area (Å²) >= 11 is 0. The molecule has 1 atom stereocenters. The Labute approximate surface area is 117 Å². The number of esters is 1. The van der Waals surface area contributed by atoms with Gasteiger partial charge in [-0.25, -0.2) is 4.79 Å². The topological polar surface area (TPSA) is 55.4 Å². The average Bonchev–Trinajstić information content (AvgIpc) is 2.35. The summed E-state index contributed by atoms with van der Waals surface area (Å²) in [6, 6.07) is -0.525. The Kier molecular flexibility index (Phi) is 10.2. The number of carbonyl (C=O) groups is 2. The Morgan fingerprint density at radius 3 is 2.21 bits per heavy atom. The highest BCUT2D eigenvalue weighted by atomic mass is 16.5. The lowest BCUT2D eigenvalue weighted by Crippen LogP contribution is -2.45. The smallest absolute Gasteiger partial charge is 0.328 e. The van der Waals surface area contributed by atoms with Crippen LogP contribution in [0.25, 0.3) is 0 Å². The standard InChI is InChI=1S/C15H29NO3/c1-5-7-8-9-10-11-13(17)16-14(12(3)4)15(18)19-6-2/h12,14H,5-11H2,1-4H3,(H,16,17)/t14-/m0/s1. The molecular weight excluding hydrogens is 242 g/mol. The van der Waals surface area contributed by atoms with E-state index in [1.165, 1.54) is 19.3 Å². The SMILES string of the molecule is CCCCCCCC(=O)N[C@H](C(=O)OCC)C(C)C. The first-order chi connectivity index (χ1) is 9.02. The number of unbranched alkanes of at least 4 members (excludes halogenated alkanes) is 4. The lowest BCUT2D eigenvalue weighted by atomic mass is 10.0. The highest BCUT2D eigenvalue weighted by Gasteiger charge is 2.24.